The summed E-state index contributed by atoms with van der Waals surface area (Å²) in [6.07, 6.45) is -0.0549. The summed E-state index contributed by atoms with van der Waals surface area (Å²) in [7, 11) is 0. The molecule has 98 valence electrons. The lowest BCUT2D eigenvalue weighted by atomic mass is 10.0. The van der Waals surface area contributed by atoms with Gasteiger partial charge in [0.25, 0.3) is 0 Å². The SMILES string of the molecule is CC(CNC(=O)C1CNC1)Oc1ccccc1Br. The Morgan fingerprint density at radius 1 is 1.56 bits per heavy atom. The minimum Gasteiger partial charge on any atom is -0.488 e. The van der Waals surface area contributed by atoms with Gasteiger partial charge in [-0.25, -0.2) is 0 Å². The van der Waals surface area contributed by atoms with E-state index >= 15 is 0 Å². The predicted octanol–water partition coefficient (Wildman–Crippen LogP) is 1.55. The van der Waals surface area contributed by atoms with Crippen LogP contribution in [0.5, 0.6) is 5.75 Å². The molecular weight excluding hydrogens is 296 g/mol. The Hall–Kier alpha value is -1.07. The van der Waals surface area contributed by atoms with Gasteiger partial charge in [-0.1, -0.05) is 12.1 Å². The summed E-state index contributed by atoms with van der Waals surface area (Å²) >= 11 is 3.43. The first-order valence-corrected chi connectivity index (χ1v) is 6.85. The zero-order valence-corrected chi connectivity index (χ0v) is 11.9. The van der Waals surface area contributed by atoms with E-state index in [1.165, 1.54) is 0 Å². The van der Waals surface area contributed by atoms with Crippen LogP contribution in [0.3, 0.4) is 0 Å². The molecule has 1 aliphatic heterocycles. The fourth-order valence-corrected chi connectivity index (χ4v) is 2.04. The first-order chi connectivity index (χ1) is 8.66. The average Bonchev–Trinajstić information content (AvgIpc) is 2.27. The molecule has 2 N–H and O–H groups in total. The molecule has 1 heterocycles. The largest absolute Gasteiger partial charge is 0.488 e. The van der Waals surface area contributed by atoms with Gasteiger partial charge in [-0.3, -0.25) is 4.79 Å². The van der Waals surface area contributed by atoms with Crippen molar-refractivity contribution in [2.24, 2.45) is 5.92 Å². The number of nitrogens with one attached hydrogen (secondary N) is 2. The van der Waals surface area contributed by atoms with Gasteiger partial charge in [0.2, 0.25) is 5.91 Å². The summed E-state index contributed by atoms with van der Waals surface area (Å²) in [5.41, 5.74) is 0. The third kappa shape index (κ3) is 3.46. The van der Waals surface area contributed by atoms with Crippen molar-refractivity contribution in [2.45, 2.75) is 13.0 Å². The van der Waals surface area contributed by atoms with E-state index in [0.29, 0.717) is 6.54 Å². The molecule has 0 bridgehead atoms. The van der Waals surface area contributed by atoms with Gasteiger partial charge in [0.05, 0.1) is 16.9 Å². The number of hydrogen-bond donors (Lipinski definition) is 2. The normalized spacial score (nSPS) is 16.8. The highest BCUT2D eigenvalue weighted by Gasteiger charge is 2.24. The van der Waals surface area contributed by atoms with Gasteiger partial charge in [0, 0.05) is 13.1 Å². The van der Waals surface area contributed by atoms with E-state index in [9.17, 15) is 4.79 Å². The molecule has 1 fully saturated rings. The molecule has 2 rings (SSSR count). The fourth-order valence-electron chi connectivity index (χ4n) is 1.66. The number of amides is 1. The van der Waals surface area contributed by atoms with E-state index in [-0.39, 0.29) is 17.9 Å². The summed E-state index contributed by atoms with van der Waals surface area (Å²) in [5.74, 6) is 1.03. The minimum absolute atomic E-state index is 0.0549. The van der Waals surface area contributed by atoms with Crippen molar-refractivity contribution in [3.63, 3.8) is 0 Å². The topological polar surface area (TPSA) is 50.4 Å². The monoisotopic (exact) mass is 312 g/mol. The predicted molar refractivity (Wildman–Crippen MR) is 73.6 cm³/mol. The Kier molecular flexibility index (Phi) is 4.60. The highest BCUT2D eigenvalue weighted by molar-refractivity contribution is 9.10. The van der Waals surface area contributed by atoms with Crippen LogP contribution in [0.25, 0.3) is 0 Å². The number of benzene rings is 1. The molecule has 5 heteroatoms. The Labute approximate surface area is 115 Å². The molecule has 1 aliphatic rings. The smallest absolute Gasteiger partial charge is 0.225 e. The number of rotatable bonds is 5. The molecular formula is C13H17BrN2O2. The number of halogens is 1. The number of carbonyl (C=O) groups excluding carboxylic acids is 1. The molecule has 0 aromatic heterocycles. The second-order valence-electron chi connectivity index (χ2n) is 4.46. The number of hydrogen-bond acceptors (Lipinski definition) is 3. The maximum atomic E-state index is 11.6. The highest BCUT2D eigenvalue weighted by atomic mass is 79.9. The van der Waals surface area contributed by atoms with Gasteiger partial charge in [-0.05, 0) is 35.0 Å². The van der Waals surface area contributed by atoms with Crippen molar-refractivity contribution in [1.29, 1.82) is 0 Å². The highest BCUT2D eigenvalue weighted by Crippen LogP contribution is 2.24. The maximum absolute atomic E-state index is 11.6. The summed E-state index contributed by atoms with van der Waals surface area (Å²) < 4.78 is 6.67. The molecule has 1 amide bonds. The van der Waals surface area contributed by atoms with Gasteiger partial charge < -0.3 is 15.4 Å². The first-order valence-electron chi connectivity index (χ1n) is 6.06. The van der Waals surface area contributed by atoms with Gasteiger partial charge in [-0.2, -0.15) is 0 Å². The third-order valence-electron chi connectivity index (χ3n) is 2.88. The van der Waals surface area contributed by atoms with Crippen molar-refractivity contribution in [1.82, 2.24) is 10.6 Å². The van der Waals surface area contributed by atoms with Gasteiger partial charge >= 0.3 is 0 Å². The maximum Gasteiger partial charge on any atom is 0.225 e. The first kappa shape index (κ1) is 13.4. The molecule has 1 saturated heterocycles. The molecule has 4 nitrogen and oxygen atoms in total. The molecule has 0 saturated carbocycles. The van der Waals surface area contributed by atoms with Crippen molar-refractivity contribution in [3.05, 3.63) is 28.7 Å². The molecule has 1 atom stereocenters. The Balaban J connectivity index is 1.76. The summed E-state index contributed by atoms with van der Waals surface area (Å²) in [6.45, 7) is 4.03. The van der Waals surface area contributed by atoms with E-state index in [1.54, 1.807) is 0 Å². The van der Waals surface area contributed by atoms with E-state index in [4.69, 9.17) is 4.74 Å². The van der Waals surface area contributed by atoms with Crippen LogP contribution in [-0.4, -0.2) is 31.6 Å². The van der Waals surface area contributed by atoms with Gasteiger partial charge in [-0.15, -0.1) is 0 Å². The average molecular weight is 313 g/mol. The Bertz CT molecular complexity index is 421. The van der Waals surface area contributed by atoms with E-state index in [0.717, 1.165) is 23.3 Å². The van der Waals surface area contributed by atoms with E-state index in [1.807, 2.05) is 31.2 Å². The fraction of sp³-hybridized carbons (Fsp3) is 0.462. The number of ether oxygens (including phenoxy) is 1. The van der Waals surface area contributed by atoms with Crippen LogP contribution in [0.1, 0.15) is 6.92 Å². The molecule has 1 aromatic carbocycles. The zero-order valence-electron chi connectivity index (χ0n) is 10.3. The Morgan fingerprint density at radius 3 is 2.89 bits per heavy atom. The zero-order chi connectivity index (χ0) is 13.0. The number of carbonyl (C=O) groups is 1. The molecule has 18 heavy (non-hydrogen) atoms. The standard InChI is InChI=1S/C13H17BrN2O2/c1-9(6-16-13(17)10-7-15-8-10)18-12-5-3-2-4-11(12)14/h2-5,9-10,15H,6-8H2,1H3,(H,16,17). The summed E-state index contributed by atoms with van der Waals surface area (Å²) in [6, 6.07) is 7.69. The van der Waals surface area contributed by atoms with Crippen molar-refractivity contribution in [2.75, 3.05) is 19.6 Å². The van der Waals surface area contributed by atoms with Crippen molar-refractivity contribution in [3.8, 4) is 5.75 Å². The third-order valence-corrected chi connectivity index (χ3v) is 3.54. The molecule has 0 spiro atoms. The lowest BCUT2D eigenvalue weighted by Crippen LogP contribution is -2.51. The van der Waals surface area contributed by atoms with Gasteiger partial charge in [0.1, 0.15) is 11.9 Å². The van der Waals surface area contributed by atoms with Crippen LogP contribution >= 0.6 is 15.9 Å². The Morgan fingerprint density at radius 2 is 2.28 bits per heavy atom. The van der Waals surface area contributed by atoms with E-state index < -0.39 is 0 Å². The van der Waals surface area contributed by atoms with Crippen LogP contribution < -0.4 is 15.4 Å². The van der Waals surface area contributed by atoms with Crippen LogP contribution in [0.2, 0.25) is 0 Å². The molecule has 0 radical (unpaired) electrons. The lowest BCUT2D eigenvalue weighted by molar-refractivity contribution is -0.126. The second kappa shape index (κ2) is 6.20. The van der Waals surface area contributed by atoms with Gasteiger partial charge in [0.15, 0.2) is 0 Å². The quantitative estimate of drug-likeness (QED) is 0.867. The summed E-state index contributed by atoms with van der Waals surface area (Å²) in [4.78, 5) is 11.6. The van der Waals surface area contributed by atoms with Crippen LogP contribution in [0, 0.1) is 5.92 Å². The van der Waals surface area contributed by atoms with Crippen molar-refractivity contribution < 1.29 is 9.53 Å². The number of para-hydroxylation sites is 1. The summed E-state index contributed by atoms with van der Waals surface area (Å²) in [5, 5.41) is 5.98. The molecule has 0 aliphatic carbocycles. The molecule has 1 aromatic rings. The minimum atomic E-state index is -0.0549. The molecule has 1 unspecified atom stereocenters. The van der Waals surface area contributed by atoms with Crippen LogP contribution in [0.4, 0.5) is 0 Å². The lowest BCUT2D eigenvalue weighted by Gasteiger charge is -2.26. The van der Waals surface area contributed by atoms with Crippen molar-refractivity contribution >= 4 is 21.8 Å². The van der Waals surface area contributed by atoms with E-state index in [2.05, 4.69) is 26.6 Å². The second-order valence-corrected chi connectivity index (χ2v) is 5.31. The van der Waals surface area contributed by atoms with Crippen LogP contribution in [0.15, 0.2) is 28.7 Å². The van der Waals surface area contributed by atoms with Crippen LogP contribution in [-0.2, 0) is 4.79 Å².